The van der Waals surface area contributed by atoms with E-state index in [9.17, 15) is 4.79 Å². The molecule has 3 aromatic rings. The van der Waals surface area contributed by atoms with Crippen molar-refractivity contribution in [3.63, 3.8) is 0 Å². The van der Waals surface area contributed by atoms with Gasteiger partial charge in [-0.15, -0.1) is 11.3 Å². The highest BCUT2D eigenvalue weighted by Gasteiger charge is 2.19. The molecular formula is C15H16N6OS. The largest absolute Gasteiger partial charge is 0.344 e. The molecule has 0 saturated carbocycles. The van der Waals surface area contributed by atoms with Gasteiger partial charge in [0, 0.05) is 29.7 Å². The van der Waals surface area contributed by atoms with E-state index in [4.69, 9.17) is 0 Å². The Morgan fingerprint density at radius 3 is 2.78 bits per heavy atom. The van der Waals surface area contributed by atoms with Crippen LogP contribution in [-0.4, -0.2) is 30.8 Å². The summed E-state index contributed by atoms with van der Waals surface area (Å²) in [7, 11) is 0. The molecule has 1 amide bonds. The maximum absolute atomic E-state index is 12.4. The fraction of sp³-hybridized carbons (Fsp3) is 0.267. The highest BCUT2D eigenvalue weighted by Crippen LogP contribution is 2.20. The molecule has 0 aliphatic heterocycles. The summed E-state index contributed by atoms with van der Waals surface area (Å²) in [6.45, 7) is 3.92. The summed E-state index contributed by atoms with van der Waals surface area (Å²) in [4.78, 5) is 32.4. The standard InChI is InChI=1S/C15H16N6OS/c1-3-10(12-18-7-9(2)19-12)20-14(22)11-8-23-15(21-11)13-16-5-4-6-17-13/h4-8,10H,3H2,1-2H3,(H,18,19)(H,20,22)/t10-/m0/s1. The number of aryl methyl sites for hydroxylation is 1. The smallest absolute Gasteiger partial charge is 0.271 e. The monoisotopic (exact) mass is 328 g/mol. The summed E-state index contributed by atoms with van der Waals surface area (Å²) >= 11 is 1.35. The van der Waals surface area contributed by atoms with Crippen molar-refractivity contribution in [3.05, 3.63) is 47.2 Å². The van der Waals surface area contributed by atoms with Crippen LogP contribution in [0.3, 0.4) is 0 Å². The second-order valence-corrected chi connectivity index (χ2v) is 5.85. The van der Waals surface area contributed by atoms with Crippen LogP contribution in [0, 0.1) is 6.92 Å². The van der Waals surface area contributed by atoms with E-state index in [0.29, 0.717) is 16.5 Å². The number of hydrogen-bond acceptors (Lipinski definition) is 6. The van der Waals surface area contributed by atoms with Gasteiger partial charge < -0.3 is 10.3 Å². The Hall–Kier alpha value is -2.61. The molecule has 0 radical (unpaired) electrons. The van der Waals surface area contributed by atoms with Gasteiger partial charge in [-0.1, -0.05) is 6.92 Å². The minimum absolute atomic E-state index is 0.172. The normalized spacial score (nSPS) is 12.1. The lowest BCUT2D eigenvalue weighted by molar-refractivity contribution is 0.0929. The summed E-state index contributed by atoms with van der Waals surface area (Å²) < 4.78 is 0. The second-order valence-electron chi connectivity index (χ2n) is 5.00. The van der Waals surface area contributed by atoms with Gasteiger partial charge in [0.1, 0.15) is 11.5 Å². The molecule has 23 heavy (non-hydrogen) atoms. The van der Waals surface area contributed by atoms with Crippen molar-refractivity contribution in [2.45, 2.75) is 26.3 Å². The Bertz CT molecular complexity index is 797. The number of rotatable bonds is 5. The highest BCUT2D eigenvalue weighted by atomic mass is 32.1. The van der Waals surface area contributed by atoms with Gasteiger partial charge in [0.2, 0.25) is 0 Å². The zero-order valence-electron chi connectivity index (χ0n) is 12.8. The van der Waals surface area contributed by atoms with Gasteiger partial charge in [-0.05, 0) is 19.4 Å². The van der Waals surface area contributed by atoms with Gasteiger partial charge in [0.15, 0.2) is 10.8 Å². The quantitative estimate of drug-likeness (QED) is 0.750. The zero-order chi connectivity index (χ0) is 16.2. The van der Waals surface area contributed by atoms with Gasteiger partial charge >= 0.3 is 0 Å². The number of thiazole rings is 1. The maximum atomic E-state index is 12.4. The molecule has 3 aromatic heterocycles. The lowest BCUT2D eigenvalue weighted by atomic mass is 10.2. The van der Waals surface area contributed by atoms with Crippen molar-refractivity contribution in [2.24, 2.45) is 0 Å². The average molecular weight is 328 g/mol. The third-order valence-electron chi connectivity index (χ3n) is 3.26. The van der Waals surface area contributed by atoms with Crippen LogP contribution in [0.5, 0.6) is 0 Å². The van der Waals surface area contributed by atoms with Crippen molar-refractivity contribution in [1.82, 2.24) is 30.2 Å². The molecule has 0 aliphatic rings. The summed E-state index contributed by atoms with van der Waals surface area (Å²) in [5.41, 5.74) is 1.32. The molecule has 3 heterocycles. The first-order valence-electron chi connectivity index (χ1n) is 7.22. The van der Waals surface area contributed by atoms with Crippen LogP contribution in [0.1, 0.15) is 41.4 Å². The third kappa shape index (κ3) is 3.42. The van der Waals surface area contributed by atoms with Crippen LogP contribution in [0.25, 0.3) is 10.8 Å². The number of H-pyrrole nitrogens is 1. The first-order chi connectivity index (χ1) is 11.2. The summed E-state index contributed by atoms with van der Waals surface area (Å²) in [5.74, 6) is 1.04. The second kappa shape index (κ2) is 6.66. The SMILES string of the molecule is CC[C@H](NC(=O)c1csc(-c2ncccn2)n1)c1ncc(C)[nH]1. The molecule has 118 valence electrons. The number of nitrogens with one attached hydrogen (secondary N) is 2. The van der Waals surface area contributed by atoms with Crippen molar-refractivity contribution in [1.29, 1.82) is 0 Å². The van der Waals surface area contributed by atoms with E-state index >= 15 is 0 Å². The van der Waals surface area contributed by atoms with Crippen molar-refractivity contribution in [2.75, 3.05) is 0 Å². The fourth-order valence-electron chi connectivity index (χ4n) is 2.10. The zero-order valence-corrected chi connectivity index (χ0v) is 13.6. The van der Waals surface area contributed by atoms with Crippen LogP contribution in [0.15, 0.2) is 30.0 Å². The molecular weight excluding hydrogens is 312 g/mol. The van der Waals surface area contributed by atoms with E-state index in [1.54, 1.807) is 30.0 Å². The lowest BCUT2D eigenvalue weighted by Crippen LogP contribution is -2.29. The molecule has 2 N–H and O–H groups in total. The number of carbonyl (C=O) groups excluding carboxylic acids is 1. The first-order valence-corrected chi connectivity index (χ1v) is 8.10. The molecule has 1 atom stereocenters. The van der Waals surface area contributed by atoms with Crippen LogP contribution < -0.4 is 5.32 Å². The van der Waals surface area contributed by atoms with Crippen molar-refractivity contribution in [3.8, 4) is 10.8 Å². The number of imidazole rings is 1. The molecule has 7 nitrogen and oxygen atoms in total. The Morgan fingerprint density at radius 1 is 1.35 bits per heavy atom. The molecule has 0 bridgehead atoms. The van der Waals surface area contributed by atoms with Crippen LogP contribution in [0.2, 0.25) is 0 Å². The molecule has 8 heteroatoms. The van der Waals surface area contributed by atoms with E-state index in [1.807, 2.05) is 13.8 Å². The van der Waals surface area contributed by atoms with Crippen molar-refractivity contribution < 1.29 is 4.79 Å². The van der Waals surface area contributed by atoms with E-state index < -0.39 is 0 Å². The van der Waals surface area contributed by atoms with E-state index in [1.165, 1.54) is 11.3 Å². The Balaban J connectivity index is 1.74. The highest BCUT2D eigenvalue weighted by molar-refractivity contribution is 7.13. The fourth-order valence-corrected chi connectivity index (χ4v) is 2.84. The topological polar surface area (TPSA) is 96.5 Å². The molecule has 0 spiro atoms. The summed E-state index contributed by atoms with van der Waals surface area (Å²) in [6, 6.07) is 1.57. The predicted molar refractivity (Wildman–Crippen MR) is 87.0 cm³/mol. The number of aromatic amines is 1. The minimum Gasteiger partial charge on any atom is -0.344 e. The number of aromatic nitrogens is 5. The van der Waals surface area contributed by atoms with Gasteiger partial charge in [0.05, 0.1) is 6.04 Å². The predicted octanol–water partition coefficient (Wildman–Crippen LogP) is 2.51. The first kappa shape index (κ1) is 15.3. The van der Waals surface area contributed by atoms with Crippen molar-refractivity contribution >= 4 is 17.2 Å². The van der Waals surface area contributed by atoms with E-state index in [2.05, 4.69) is 30.2 Å². The molecule has 0 unspecified atom stereocenters. The number of hydrogen-bond donors (Lipinski definition) is 2. The van der Waals surface area contributed by atoms with Crippen LogP contribution >= 0.6 is 11.3 Å². The molecule has 0 fully saturated rings. The third-order valence-corrected chi connectivity index (χ3v) is 4.10. The molecule has 0 saturated heterocycles. The van der Waals surface area contributed by atoms with Gasteiger partial charge in [-0.2, -0.15) is 0 Å². The van der Waals surface area contributed by atoms with Gasteiger partial charge in [-0.3, -0.25) is 4.79 Å². The van der Waals surface area contributed by atoms with E-state index in [-0.39, 0.29) is 11.9 Å². The van der Waals surface area contributed by atoms with E-state index in [0.717, 1.165) is 17.9 Å². The lowest BCUT2D eigenvalue weighted by Gasteiger charge is -2.13. The van der Waals surface area contributed by atoms with Crippen LogP contribution in [-0.2, 0) is 0 Å². The molecule has 0 aromatic carbocycles. The Morgan fingerprint density at radius 2 is 2.13 bits per heavy atom. The molecule has 3 rings (SSSR count). The maximum Gasteiger partial charge on any atom is 0.271 e. The van der Waals surface area contributed by atoms with Crippen LogP contribution in [0.4, 0.5) is 0 Å². The number of nitrogens with zero attached hydrogens (tertiary/aromatic N) is 4. The number of amides is 1. The van der Waals surface area contributed by atoms with Gasteiger partial charge in [-0.25, -0.2) is 19.9 Å². The molecule has 0 aliphatic carbocycles. The summed E-state index contributed by atoms with van der Waals surface area (Å²) in [5, 5.41) is 5.28. The minimum atomic E-state index is -0.232. The van der Waals surface area contributed by atoms with Gasteiger partial charge in [0.25, 0.3) is 5.91 Å². The Kier molecular flexibility index (Phi) is 4.42. The summed E-state index contributed by atoms with van der Waals surface area (Å²) in [6.07, 6.45) is 5.78. The Labute approximate surface area is 137 Å². The average Bonchev–Trinajstić information content (AvgIpc) is 3.22. The number of carbonyl (C=O) groups is 1.